The zero-order valence-electron chi connectivity index (χ0n) is 7.28. The van der Waals surface area contributed by atoms with E-state index in [0.29, 0.717) is 5.38 Å². The number of allylic oxidation sites excluding steroid dienone is 2. The molecule has 0 saturated heterocycles. The van der Waals surface area contributed by atoms with Gasteiger partial charge in [-0.15, -0.1) is 11.6 Å². The van der Waals surface area contributed by atoms with E-state index in [-0.39, 0.29) is 0 Å². The molecule has 0 aromatic rings. The van der Waals surface area contributed by atoms with Gasteiger partial charge >= 0.3 is 0 Å². The Morgan fingerprint density at radius 3 is 3.00 bits per heavy atom. The summed E-state index contributed by atoms with van der Waals surface area (Å²) in [7, 11) is 0. The molecule has 1 atom stereocenters. The van der Waals surface area contributed by atoms with Crippen molar-refractivity contribution in [3.8, 4) is 0 Å². The van der Waals surface area contributed by atoms with Crippen molar-refractivity contribution in [2.75, 3.05) is 0 Å². The normalized spacial score (nSPS) is 20.0. The van der Waals surface area contributed by atoms with Gasteiger partial charge in [0.2, 0.25) is 0 Å². The van der Waals surface area contributed by atoms with Crippen LogP contribution >= 0.6 is 11.6 Å². The first-order valence-electron chi connectivity index (χ1n) is 4.65. The Kier molecular flexibility index (Phi) is 3.99. The number of rotatable bonds is 4. The minimum Gasteiger partial charge on any atom is -0.123 e. The van der Waals surface area contributed by atoms with Gasteiger partial charge in [0.15, 0.2) is 0 Å². The second kappa shape index (κ2) is 4.82. The molecule has 1 rings (SSSR count). The monoisotopic (exact) mass is 172 g/mol. The maximum Gasteiger partial charge on any atom is 0.0373 e. The first-order valence-corrected chi connectivity index (χ1v) is 5.08. The van der Waals surface area contributed by atoms with Crippen LogP contribution in [0, 0.1) is 0 Å². The van der Waals surface area contributed by atoms with Gasteiger partial charge in [-0.2, -0.15) is 0 Å². The van der Waals surface area contributed by atoms with Crippen molar-refractivity contribution in [1.29, 1.82) is 0 Å². The Morgan fingerprint density at radius 1 is 1.64 bits per heavy atom. The van der Waals surface area contributed by atoms with Gasteiger partial charge in [0.05, 0.1) is 0 Å². The summed E-state index contributed by atoms with van der Waals surface area (Å²) >= 11 is 6.12. The molecule has 0 fully saturated rings. The lowest BCUT2D eigenvalue weighted by Crippen LogP contribution is -1.98. The van der Waals surface area contributed by atoms with E-state index in [2.05, 4.69) is 13.0 Å². The molecule has 0 aromatic heterocycles. The fourth-order valence-electron chi connectivity index (χ4n) is 1.62. The summed E-state index contributed by atoms with van der Waals surface area (Å²) in [4.78, 5) is 0. The summed E-state index contributed by atoms with van der Waals surface area (Å²) in [6, 6.07) is 0. The lowest BCUT2D eigenvalue weighted by molar-refractivity contribution is 0.709. The highest BCUT2D eigenvalue weighted by Gasteiger charge is 2.09. The van der Waals surface area contributed by atoms with Crippen molar-refractivity contribution in [1.82, 2.24) is 0 Å². The third-order valence-corrected chi connectivity index (χ3v) is 2.59. The molecule has 1 aliphatic carbocycles. The van der Waals surface area contributed by atoms with Gasteiger partial charge in [-0.3, -0.25) is 0 Å². The lowest BCUT2D eigenvalue weighted by atomic mass is 10.1. The first kappa shape index (κ1) is 9.12. The minimum atomic E-state index is 0.393. The Morgan fingerprint density at radius 2 is 2.45 bits per heavy atom. The zero-order chi connectivity index (χ0) is 8.10. The second-order valence-electron chi connectivity index (χ2n) is 3.34. The van der Waals surface area contributed by atoms with Crippen LogP contribution < -0.4 is 0 Å². The molecule has 0 spiro atoms. The summed E-state index contributed by atoms with van der Waals surface area (Å²) in [5.41, 5.74) is 1.60. The fraction of sp³-hybridized carbons (Fsp3) is 0.800. The Bertz CT molecular complexity index is 138. The van der Waals surface area contributed by atoms with Crippen LogP contribution in [0.2, 0.25) is 0 Å². The molecule has 0 amide bonds. The van der Waals surface area contributed by atoms with Gasteiger partial charge in [-0.25, -0.2) is 0 Å². The van der Waals surface area contributed by atoms with Crippen molar-refractivity contribution in [2.24, 2.45) is 0 Å². The van der Waals surface area contributed by atoms with E-state index in [1.807, 2.05) is 0 Å². The maximum atomic E-state index is 6.12. The van der Waals surface area contributed by atoms with Crippen LogP contribution in [0.15, 0.2) is 11.6 Å². The number of alkyl halides is 1. The molecule has 0 aliphatic heterocycles. The molecular weight excluding hydrogens is 156 g/mol. The van der Waals surface area contributed by atoms with Crippen LogP contribution in [0.1, 0.15) is 45.4 Å². The molecule has 0 bridgehead atoms. The Hall–Kier alpha value is 0.0300. The number of hydrogen-bond acceptors (Lipinski definition) is 0. The van der Waals surface area contributed by atoms with E-state index in [0.717, 1.165) is 6.42 Å². The lowest BCUT2D eigenvalue weighted by Gasteiger charge is -2.07. The highest BCUT2D eigenvalue weighted by Crippen LogP contribution is 2.25. The summed E-state index contributed by atoms with van der Waals surface area (Å²) in [5.74, 6) is 0. The molecule has 1 heteroatoms. The van der Waals surface area contributed by atoms with E-state index in [9.17, 15) is 0 Å². The van der Waals surface area contributed by atoms with E-state index < -0.39 is 0 Å². The average Bonchev–Trinajstić information content (AvgIpc) is 2.40. The molecule has 1 aliphatic rings. The second-order valence-corrected chi connectivity index (χ2v) is 3.96. The molecule has 0 heterocycles. The van der Waals surface area contributed by atoms with Crippen molar-refractivity contribution < 1.29 is 0 Å². The summed E-state index contributed by atoms with van der Waals surface area (Å²) < 4.78 is 0. The van der Waals surface area contributed by atoms with Gasteiger partial charge in [0.25, 0.3) is 0 Å². The third kappa shape index (κ3) is 3.29. The van der Waals surface area contributed by atoms with E-state index >= 15 is 0 Å². The van der Waals surface area contributed by atoms with Crippen LogP contribution in [-0.2, 0) is 0 Å². The molecule has 0 saturated carbocycles. The van der Waals surface area contributed by atoms with Crippen molar-refractivity contribution in [2.45, 2.75) is 50.8 Å². The standard InChI is InChI=1S/C10H17Cl/c1-2-5-10(11)8-9-6-3-4-7-9/h6,10H,2-5,7-8H2,1H3. The van der Waals surface area contributed by atoms with Crippen LogP contribution in [0.4, 0.5) is 0 Å². The third-order valence-electron chi connectivity index (χ3n) is 2.22. The van der Waals surface area contributed by atoms with Gasteiger partial charge in [0.1, 0.15) is 0 Å². The molecule has 0 nitrogen and oxygen atoms in total. The SMILES string of the molecule is CCCC(Cl)CC1=CCCC1. The fourth-order valence-corrected chi connectivity index (χ4v) is 2.04. The summed E-state index contributed by atoms with van der Waals surface area (Å²) in [5, 5.41) is 0.393. The van der Waals surface area contributed by atoms with Crippen LogP contribution in [0.25, 0.3) is 0 Å². The largest absolute Gasteiger partial charge is 0.123 e. The maximum absolute atomic E-state index is 6.12. The van der Waals surface area contributed by atoms with Gasteiger partial charge in [-0.1, -0.05) is 25.0 Å². The van der Waals surface area contributed by atoms with Gasteiger partial charge in [0, 0.05) is 5.38 Å². The van der Waals surface area contributed by atoms with Crippen LogP contribution in [0.5, 0.6) is 0 Å². The van der Waals surface area contributed by atoms with E-state index in [4.69, 9.17) is 11.6 Å². The van der Waals surface area contributed by atoms with Gasteiger partial charge in [-0.05, 0) is 32.1 Å². The average molecular weight is 173 g/mol. The first-order chi connectivity index (χ1) is 5.33. The van der Waals surface area contributed by atoms with Crippen molar-refractivity contribution >= 4 is 11.6 Å². The predicted molar refractivity (Wildman–Crippen MR) is 51.1 cm³/mol. The number of halogens is 1. The van der Waals surface area contributed by atoms with Crippen molar-refractivity contribution in [3.05, 3.63) is 11.6 Å². The minimum absolute atomic E-state index is 0.393. The Labute approximate surface area is 74.6 Å². The van der Waals surface area contributed by atoms with Crippen molar-refractivity contribution in [3.63, 3.8) is 0 Å². The van der Waals surface area contributed by atoms with Crippen LogP contribution in [-0.4, -0.2) is 5.38 Å². The molecule has 64 valence electrons. The topological polar surface area (TPSA) is 0 Å². The summed E-state index contributed by atoms with van der Waals surface area (Å²) in [6.45, 7) is 2.19. The number of hydrogen-bond donors (Lipinski definition) is 0. The smallest absolute Gasteiger partial charge is 0.0373 e. The molecule has 0 aromatic carbocycles. The quantitative estimate of drug-likeness (QED) is 0.446. The van der Waals surface area contributed by atoms with E-state index in [1.54, 1.807) is 5.57 Å². The summed E-state index contributed by atoms with van der Waals surface area (Å²) in [6.07, 6.45) is 9.81. The van der Waals surface area contributed by atoms with E-state index in [1.165, 1.54) is 32.1 Å². The Balaban J connectivity index is 2.18. The highest BCUT2D eigenvalue weighted by molar-refractivity contribution is 6.20. The molecular formula is C10H17Cl. The predicted octanol–water partition coefficient (Wildman–Crippen LogP) is 3.89. The molecule has 1 unspecified atom stereocenters. The molecule has 0 N–H and O–H groups in total. The molecule has 0 radical (unpaired) electrons. The highest BCUT2D eigenvalue weighted by atomic mass is 35.5. The van der Waals surface area contributed by atoms with Gasteiger partial charge < -0.3 is 0 Å². The zero-order valence-corrected chi connectivity index (χ0v) is 8.03. The van der Waals surface area contributed by atoms with Crippen LogP contribution in [0.3, 0.4) is 0 Å². The molecule has 11 heavy (non-hydrogen) atoms.